The molecule has 4 nitrogen and oxygen atoms in total. The van der Waals surface area contributed by atoms with E-state index < -0.39 is 0 Å². The summed E-state index contributed by atoms with van der Waals surface area (Å²) in [6.45, 7) is 1.97. The largest absolute Gasteiger partial charge is 0.322 e. The second-order valence-electron chi connectivity index (χ2n) is 6.32. The molecule has 4 rings (SSSR count). The summed E-state index contributed by atoms with van der Waals surface area (Å²) >= 11 is 1.43. The Kier molecular flexibility index (Phi) is 3.73. The first-order valence-electron chi connectivity index (χ1n) is 8.16. The van der Waals surface area contributed by atoms with Crippen molar-refractivity contribution >= 4 is 33.8 Å². The van der Waals surface area contributed by atoms with Crippen LogP contribution in [0.15, 0.2) is 34.4 Å². The lowest BCUT2D eigenvalue weighted by molar-refractivity contribution is 0.103. The number of fused-ring (bicyclic) bond motifs is 3. The zero-order valence-electron chi connectivity index (χ0n) is 13.4. The van der Waals surface area contributed by atoms with Crippen LogP contribution in [0.2, 0.25) is 0 Å². The fraction of sp³-hybridized carbons (Fsp3) is 0.263. The van der Waals surface area contributed by atoms with E-state index >= 15 is 0 Å². The molecule has 1 aromatic carbocycles. The second-order valence-corrected chi connectivity index (χ2v) is 7.23. The molecule has 0 unspecified atom stereocenters. The highest BCUT2D eigenvalue weighted by Gasteiger charge is 2.17. The fourth-order valence-corrected chi connectivity index (χ4v) is 4.18. The van der Waals surface area contributed by atoms with Crippen LogP contribution >= 0.6 is 11.3 Å². The summed E-state index contributed by atoms with van der Waals surface area (Å²) in [6.07, 6.45) is 4.02. The van der Waals surface area contributed by atoms with Gasteiger partial charge in [0.1, 0.15) is 0 Å². The van der Waals surface area contributed by atoms with Crippen molar-refractivity contribution < 1.29 is 4.79 Å². The van der Waals surface area contributed by atoms with Crippen LogP contribution in [0.5, 0.6) is 0 Å². The number of carbonyl (C=O) groups excluding carboxylic acids is 1. The maximum Gasteiger partial charge on any atom is 0.265 e. The van der Waals surface area contributed by atoms with E-state index in [1.165, 1.54) is 16.9 Å². The summed E-state index contributed by atoms with van der Waals surface area (Å²) in [4.78, 5) is 28.2. The van der Waals surface area contributed by atoms with Gasteiger partial charge in [-0.3, -0.25) is 9.59 Å². The van der Waals surface area contributed by atoms with Gasteiger partial charge in [-0.15, -0.1) is 11.3 Å². The summed E-state index contributed by atoms with van der Waals surface area (Å²) < 4.78 is 0. The van der Waals surface area contributed by atoms with Gasteiger partial charge in [-0.1, -0.05) is 6.07 Å². The van der Waals surface area contributed by atoms with Gasteiger partial charge in [-0.25, -0.2) is 0 Å². The first-order valence-corrected chi connectivity index (χ1v) is 9.04. The third-order valence-corrected chi connectivity index (χ3v) is 5.59. The van der Waals surface area contributed by atoms with Gasteiger partial charge in [0.05, 0.1) is 10.4 Å². The Hall–Kier alpha value is -2.40. The van der Waals surface area contributed by atoms with Gasteiger partial charge in [0.25, 0.3) is 11.5 Å². The van der Waals surface area contributed by atoms with Gasteiger partial charge in [0.2, 0.25) is 0 Å². The second kappa shape index (κ2) is 5.91. The van der Waals surface area contributed by atoms with Crippen molar-refractivity contribution in [2.24, 2.45) is 0 Å². The van der Waals surface area contributed by atoms with E-state index in [0.29, 0.717) is 10.6 Å². The summed E-state index contributed by atoms with van der Waals surface area (Å²) in [6, 6.07) is 7.64. The Labute approximate surface area is 143 Å². The van der Waals surface area contributed by atoms with Crippen molar-refractivity contribution in [1.29, 1.82) is 0 Å². The number of benzene rings is 1. The van der Waals surface area contributed by atoms with Crippen LogP contribution < -0.4 is 10.9 Å². The number of rotatable bonds is 2. The van der Waals surface area contributed by atoms with Crippen molar-refractivity contribution in [3.8, 4) is 0 Å². The molecule has 1 aliphatic carbocycles. The number of hydrogen-bond acceptors (Lipinski definition) is 3. The number of aryl methyl sites for hydroxylation is 2. The van der Waals surface area contributed by atoms with E-state index in [9.17, 15) is 9.59 Å². The number of thiophene rings is 1. The van der Waals surface area contributed by atoms with E-state index in [1.807, 2.05) is 36.6 Å². The summed E-state index contributed by atoms with van der Waals surface area (Å²) in [7, 11) is 0. The molecule has 2 N–H and O–H groups in total. The average Bonchev–Trinajstić information content (AvgIpc) is 3.02. The predicted molar refractivity (Wildman–Crippen MR) is 98.2 cm³/mol. The fourth-order valence-electron chi connectivity index (χ4n) is 3.38. The van der Waals surface area contributed by atoms with Crippen LogP contribution in [-0.4, -0.2) is 10.9 Å². The predicted octanol–water partition coefficient (Wildman–Crippen LogP) is 4.03. The smallest absolute Gasteiger partial charge is 0.265 e. The van der Waals surface area contributed by atoms with Crippen molar-refractivity contribution in [2.75, 3.05) is 5.32 Å². The topological polar surface area (TPSA) is 62.0 Å². The molecule has 24 heavy (non-hydrogen) atoms. The molecular weight excluding hydrogens is 320 g/mol. The van der Waals surface area contributed by atoms with Gasteiger partial charge >= 0.3 is 0 Å². The number of carbonyl (C=O) groups is 1. The van der Waals surface area contributed by atoms with Gasteiger partial charge < -0.3 is 10.3 Å². The Morgan fingerprint density at radius 3 is 2.71 bits per heavy atom. The first-order chi connectivity index (χ1) is 11.6. The molecule has 122 valence electrons. The molecule has 0 atom stereocenters. The van der Waals surface area contributed by atoms with E-state index in [0.717, 1.165) is 47.7 Å². The molecule has 5 heteroatoms. The standard InChI is InChI=1S/C19H18N2O2S/c1-11-8-17(24-10-11)19(23)20-12-6-7-14-13-4-2-3-5-15(13)18(22)21-16(14)9-12/h6-10H,2-5H2,1H3,(H,20,23)(H,21,22). The molecule has 0 aliphatic heterocycles. The SMILES string of the molecule is Cc1csc(C(=O)Nc2ccc3c4c(c(=O)[nH]c3c2)CCCC4)c1. The van der Waals surface area contributed by atoms with Gasteiger partial charge in [0, 0.05) is 16.6 Å². The molecule has 0 spiro atoms. The van der Waals surface area contributed by atoms with Crippen molar-refractivity contribution in [2.45, 2.75) is 32.6 Å². The normalized spacial score (nSPS) is 13.7. The number of amides is 1. The molecule has 2 heterocycles. The van der Waals surface area contributed by atoms with Crippen LogP contribution in [0.4, 0.5) is 5.69 Å². The first kappa shape index (κ1) is 15.1. The van der Waals surface area contributed by atoms with Crippen LogP contribution in [0, 0.1) is 6.92 Å². The molecule has 1 aliphatic rings. The molecule has 1 amide bonds. The van der Waals surface area contributed by atoms with E-state index in [4.69, 9.17) is 0 Å². The molecule has 0 saturated carbocycles. The van der Waals surface area contributed by atoms with Gasteiger partial charge in [0.15, 0.2) is 0 Å². The van der Waals surface area contributed by atoms with Crippen LogP contribution in [0.3, 0.4) is 0 Å². The zero-order chi connectivity index (χ0) is 16.7. The molecule has 0 saturated heterocycles. The Morgan fingerprint density at radius 1 is 1.17 bits per heavy atom. The molecule has 0 bridgehead atoms. The van der Waals surface area contributed by atoms with E-state index in [1.54, 1.807) is 0 Å². The Balaban J connectivity index is 1.71. The lowest BCUT2D eigenvalue weighted by atomic mass is 9.90. The minimum absolute atomic E-state index is 0.00885. The lowest BCUT2D eigenvalue weighted by Gasteiger charge is -2.17. The van der Waals surface area contributed by atoms with Crippen molar-refractivity contribution in [3.63, 3.8) is 0 Å². The Bertz CT molecular complexity index is 1000. The number of aromatic nitrogens is 1. The molecular formula is C19H18N2O2S. The number of nitrogens with one attached hydrogen (secondary N) is 2. The van der Waals surface area contributed by atoms with Gasteiger partial charge in [-0.2, -0.15) is 0 Å². The summed E-state index contributed by atoms with van der Waals surface area (Å²) in [5, 5.41) is 5.96. The van der Waals surface area contributed by atoms with Gasteiger partial charge in [-0.05, 0) is 67.3 Å². The van der Waals surface area contributed by atoms with E-state index in [-0.39, 0.29) is 11.5 Å². The molecule has 2 aromatic heterocycles. The van der Waals surface area contributed by atoms with Crippen molar-refractivity contribution in [1.82, 2.24) is 4.98 Å². The zero-order valence-corrected chi connectivity index (χ0v) is 14.3. The quantitative estimate of drug-likeness (QED) is 0.741. The molecule has 0 radical (unpaired) electrons. The average molecular weight is 338 g/mol. The summed E-state index contributed by atoms with van der Waals surface area (Å²) in [5.41, 5.74) is 4.69. The third kappa shape index (κ3) is 2.65. The maximum absolute atomic E-state index is 12.3. The van der Waals surface area contributed by atoms with Crippen LogP contribution in [0.25, 0.3) is 10.9 Å². The highest BCUT2D eigenvalue weighted by molar-refractivity contribution is 7.12. The van der Waals surface area contributed by atoms with Crippen LogP contribution in [-0.2, 0) is 12.8 Å². The van der Waals surface area contributed by atoms with Crippen molar-refractivity contribution in [3.05, 3.63) is 61.6 Å². The number of hydrogen-bond donors (Lipinski definition) is 2. The maximum atomic E-state index is 12.3. The molecule has 3 aromatic rings. The third-order valence-electron chi connectivity index (χ3n) is 4.55. The van der Waals surface area contributed by atoms with Crippen LogP contribution in [0.1, 0.15) is 39.2 Å². The number of aromatic amines is 1. The monoisotopic (exact) mass is 338 g/mol. The Morgan fingerprint density at radius 2 is 1.96 bits per heavy atom. The highest BCUT2D eigenvalue weighted by atomic mass is 32.1. The van der Waals surface area contributed by atoms with E-state index in [2.05, 4.69) is 10.3 Å². The minimum Gasteiger partial charge on any atom is -0.322 e. The summed E-state index contributed by atoms with van der Waals surface area (Å²) in [5.74, 6) is -0.118. The molecule has 0 fully saturated rings. The highest BCUT2D eigenvalue weighted by Crippen LogP contribution is 2.27. The number of pyridine rings is 1. The lowest BCUT2D eigenvalue weighted by Crippen LogP contribution is -2.19. The number of H-pyrrole nitrogens is 1. The number of anilines is 1. The minimum atomic E-state index is -0.118.